The van der Waals surface area contributed by atoms with Crippen LogP contribution < -0.4 is 0 Å². The third-order valence-corrected chi connectivity index (χ3v) is 15.1. The van der Waals surface area contributed by atoms with E-state index >= 15 is 0 Å². The molecule has 1 atom stereocenters. The second-order valence-corrected chi connectivity index (χ2v) is 23.1. The first-order chi connectivity index (χ1) is 39.5. The highest BCUT2D eigenvalue weighted by Gasteiger charge is 2.19. The van der Waals surface area contributed by atoms with Gasteiger partial charge in [0, 0.05) is 19.3 Å². The molecule has 0 aliphatic carbocycles. The summed E-state index contributed by atoms with van der Waals surface area (Å²) in [4.78, 5) is 38.4. The molecule has 0 saturated carbocycles. The predicted octanol–water partition coefficient (Wildman–Crippen LogP) is 23.8. The number of hydrogen-bond donors (Lipinski definition) is 0. The minimum atomic E-state index is -0.787. The minimum Gasteiger partial charge on any atom is -0.462 e. The Labute approximate surface area is 496 Å². The molecule has 0 heterocycles. The van der Waals surface area contributed by atoms with Crippen LogP contribution in [0.3, 0.4) is 0 Å². The molecule has 0 aromatic rings. The van der Waals surface area contributed by atoms with Gasteiger partial charge < -0.3 is 14.2 Å². The van der Waals surface area contributed by atoms with Gasteiger partial charge in [-0.25, -0.2) is 0 Å². The SMILES string of the molecule is CCCCC/C=C\C/C=C\CCCCCCCCCC(=O)OCC(COC(=O)CCCCCCCCCCCCCC/C=C\C/C=C\C/C=C\CCCCCCC)OC(=O)CCCCCCCCC/C=C\C/C=C\CCCCCC. The van der Waals surface area contributed by atoms with Gasteiger partial charge in [-0.05, 0) is 122 Å². The van der Waals surface area contributed by atoms with E-state index in [4.69, 9.17) is 14.2 Å². The van der Waals surface area contributed by atoms with Crippen LogP contribution in [0.2, 0.25) is 0 Å². The first-order valence-electron chi connectivity index (χ1n) is 34.6. The number of carbonyl (C=O) groups excluding carboxylic acids is 3. The maximum absolute atomic E-state index is 12.9. The van der Waals surface area contributed by atoms with Crippen molar-refractivity contribution in [3.05, 3.63) is 85.1 Å². The van der Waals surface area contributed by atoms with Crippen LogP contribution in [-0.2, 0) is 28.6 Å². The largest absolute Gasteiger partial charge is 0.462 e. The minimum absolute atomic E-state index is 0.0818. The number of hydrogen-bond acceptors (Lipinski definition) is 6. The summed E-state index contributed by atoms with van der Waals surface area (Å²) < 4.78 is 17.0. The highest BCUT2D eigenvalue weighted by Crippen LogP contribution is 2.17. The summed E-state index contributed by atoms with van der Waals surface area (Å²) in [7, 11) is 0. The lowest BCUT2D eigenvalue weighted by Crippen LogP contribution is -2.30. The smallest absolute Gasteiger partial charge is 0.306 e. The lowest BCUT2D eigenvalue weighted by Gasteiger charge is -2.18. The molecular weight excluding hydrogens is 985 g/mol. The fraction of sp³-hybridized carbons (Fsp3) is 0.770. The molecule has 0 spiro atoms. The number of unbranched alkanes of at least 4 members (excludes halogenated alkanes) is 38. The Morgan fingerprint density at radius 3 is 0.738 bits per heavy atom. The summed E-state index contributed by atoms with van der Waals surface area (Å²) in [5, 5.41) is 0. The lowest BCUT2D eigenvalue weighted by atomic mass is 10.0. The Bertz CT molecular complexity index is 1520. The molecule has 0 N–H and O–H groups in total. The van der Waals surface area contributed by atoms with Crippen molar-refractivity contribution in [2.75, 3.05) is 13.2 Å². The van der Waals surface area contributed by atoms with Crippen LogP contribution in [0.5, 0.6) is 0 Å². The van der Waals surface area contributed by atoms with E-state index in [9.17, 15) is 14.4 Å². The first kappa shape index (κ1) is 76.6. The summed E-state index contributed by atoms with van der Waals surface area (Å²) in [5.74, 6) is -0.883. The standard InChI is InChI=1S/C74H130O6/c1-4-7-10-13-16-19-22-25-28-31-33-34-35-36-37-38-39-40-41-44-46-49-52-55-58-61-64-67-73(76)79-70-71(69-78-72(75)66-63-60-57-54-51-48-45-42-30-27-24-21-18-15-12-9-6-3)80-74(77)68-65-62-59-56-53-50-47-43-32-29-26-23-20-17-14-11-8-5-2/h18,20-23,25,27,29-33,35-36,71H,4-17,19,24,26,28,34,37-70H2,1-3H3/b21-18-,23-20-,25-22-,30-27-,32-29-,33-31-,36-35-. The quantitative estimate of drug-likeness (QED) is 0.0261. The van der Waals surface area contributed by atoms with Gasteiger partial charge in [0.2, 0.25) is 0 Å². The maximum Gasteiger partial charge on any atom is 0.306 e. The molecule has 0 aliphatic rings. The molecule has 0 saturated heterocycles. The molecule has 80 heavy (non-hydrogen) atoms. The molecule has 6 heteroatoms. The van der Waals surface area contributed by atoms with Gasteiger partial charge in [-0.2, -0.15) is 0 Å². The van der Waals surface area contributed by atoms with Crippen molar-refractivity contribution in [1.82, 2.24) is 0 Å². The van der Waals surface area contributed by atoms with E-state index < -0.39 is 6.10 Å². The molecule has 6 nitrogen and oxygen atoms in total. The van der Waals surface area contributed by atoms with Crippen LogP contribution in [0.4, 0.5) is 0 Å². The van der Waals surface area contributed by atoms with Gasteiger partial charge in [0.1, 0.15) is 13.2 Å². The third kappa shape index (κ3) is 65.4. The number of ether oxygens (including phenoxy) is 3. The van der Waals surface area contributed by atoms with Crippen molar-refractivity contribution in [3.8, 4) is 0 Å². The van der Waals surface area contributed by atoms with Crippen LogP contribution in [0, 0.1) is 0 Å². The van der Waals surface area contributed by atoms with Gasteiger partial charge >= 0.3 is 17.9 Å². The second-order valence-electron chi connectivity index (χ2n) is 23.1. The van der Waals surface area contributed by atoms with E-state index in [0.717, 1.165) is 96.3 Å². The van der Waals surface area contributed by atoms with Crippen molar-refractivity contribution < 1.29 is 28.6 Å². The van der Waals surface area contributed by atoms with Crippen molar-refractivity contribution in [3.63, 3.8) is 0 Å². The molecule has 0 rings (SSSR count). The number of rotatable bonds is 63. The summed E-state index contributed by atoms with van der Waals surface area (Å²) in [5.41, 5.74) is 0. The van der Waals surface area contributed by atoms with Crippen molar-refractivity contribution in [1.29, 1.82) is 0 Å². The van der Waals surface area contributed by atoms with Gasteiger partial charge in [-0.15, -0.1) is 0 Å². The molecule has 0 fully saturated rings. The second kappa shape index (κ2) is 68.1. The topological polar surface area (TPSA) is 78.9 Å². The highest BCUT2D eigenvalue weighted by atomic mass is 16.6. The van der Waals surface area contributed by atoms with E-state index in [1.165, 1.54) is 212 Å². The van der Waals surface area contributed by atoms with Crippen LogP contribution in [0.15, 0.2) is 85.1 Å². The molecule has 0 aromatic heterocycles. The van der Waals surface area contributed by atoms with Gasteiger partial charge in [0.25, 0.3) is 0 Å². The molecule has 0 bridgehead atoms. The van der Waals surface area contributed by atoms with Crippen LogP contribution in [0.1, 0.15) is 348 Å². The third-order valence-electron chi connectivity index (χ3n) is 15.1. The molecule has 462 valence electrons. The molecule has 0 amide bonds. The van der Waals surface area contributed by atoms with E-state index in [2.05, 4.69) is 106 Å². The first-order valence-corrected chi connectivity index (χ1v) is 34.6. The van der Waals surface area contributed by atoms with Crippen molar-refractivity contribution >= 4 is 17.9 Å². The average molecular weight is 1120 g/mol. The van der Waals surface area contributed by atoms with Crippen LogP contribution in [0.25, 0.3) is 0 Å². The van der Waals surface area contributed by atoms with E-state index in [0.29, 0.717) is 19.3 Å². The van der Waals surface area contributed by atoms with E-state index in [-0.39, 0.29) is 31.1 Å². The molecule has 0 aromatic carbocycles. The Kier molecular flexibility index (Phi) is 65.2. The van der Waals surface area contributed by atoms with Gasteiger partial charge in [-0.3, -0.25) is 14.4 Å². The number of esters is 3. The van der Waals surface area contributed by atoms with Crippen molar-refractivity contribution in [2.45, 2.75) is 354 Å². The van der Waals surface area contributed by atoms with Gasteiger partial charge in [-0.1, -0.05) is 292 Å². The zero-order valence-electron chi connectivity index (χ0n) is 53.1. The summed E-state index contributed by atoms with van der Waals surface area (Å²) >= 11 is 0. The maximum atomic E-state index is 12.9. The zero-order chi connectivity index (χ0) is 57.8. The lowest BCUT2D eigenvalue weighted by molar-refractivity contribution is -0.167. The molecular formula is C74H130O6. The van der Waals surface area contributed by atoms with E-state index in [1.54, 1.807) is 0 Å². The van der Waals surface area contributed by atoms with Gasteiger partial charge in [0.05, 0.1) is 0 Å². The molecule has 1 unspecified atom stereocenters. The fourth-order valence-electron chi connectivity index (χ4n) is 9.87. The fourth-order valence-corrected chi connectivity index (χ4v) is 9.87. The normalized spacial score (nSPS) is 12.6. The average Bonchev–Trinajstić information content (AvgIpc) is 3.46. The summed E-state index contributed by atoms with van der Waals surface area (Å²) in [6.45, 7) is 6.61. The monoisotopic (exact) mass is 1110 g/mol. The van der Waals surface area contributed by atoms with E-state index in [1.807, 2.05) is 0 Å². The van der Waals surface area contributed by atoms with Crippen LogP contribution in [-0.4, -0.2) is 37.2 Å². The summed E-state index contributed by atoms with van der Waals surface area (Å²) in [6, 6.07) is 0. The molecule has 0 aliphatic heterocycles. The zero-order valence-corrected chi connectivity index (χ0v) is 53.1. The Morgan fingerprint density at radius 1 is 0.250 bits per heavy atom. The Hall–Kier alpha value is -3.41. The Morgan fingerprint density at radius 2 is 0.450 bits per heavy atom. The number of carbonyl (C=O) groups is 3. The summed E-state index contributed by atoms with van der Waals surface area (Å²) in [6.07, 6.45) is 90.2. The number of allylic oxidation sites excluding steroid dienone is 14. The molecule has 0 radical (unpaired) electrons. The van der Waals surface area contributed by atoms with Crippen molar-refractivity contribution in [2.24, 2.45) is 0 Å². The highest BCUT2D eigenvalue weighted by molar-refractivity contribution is 5.71. The van der Waals surface area contributed by atoms with Gasteiger partial charge in [0.15, 0.2) is 6.10 Å². The van der Waals surface area contributed by atoms with Crippen LogP contribution >= 0.6 is 0 Å². The Balaban J connectivity index is 4.33. The predicted molar refractivity (Wildman–Crippen MR) is 348 cm³/mol.